The molecule has 0 aliphatic rings. The lowest BCUT2D eigenvalue weighted by atomic mass is 10.3. The van der Waals surface area contributed by atoms with Crippen molar-refractivity contribution in [2.24, 2.45) is 0 Å². The SMILES string of the molecule is O=S(O)c1ccc(Oc2cccc(F)c2)cc1. The maximum Gasteiger partial charge on any atom is 0.186 e. The normalized spacial score (nSPS) is 12.1. The van der Waals surface area contributed by atoms with Crippen molar-refractivity contribution >= 4 is 11.1 Å². The molecular weight excluding hydrogens is 243 g/mol. The minimum atomic E-state index is -2.00. The molecule has 0 radical (unpaired) electrons. The third kappa shape index (κ3) is 3.12. The summed E-state index contributed by atoms with van der Waals surface area (Å²) in [5.41, 5.74) is 0. The van der Waals surface area contributed by atoms with Crippen molar-refractivity contribution in [1.82, 2.24) is 0 Å². The Labute approximate surface area is 100 Å². The summed E-state index contributed by atoms with van der Waals surface area (Å²) < 4.78 is 37.8. The van der Waals surface area contributed by atoms with Gasteiger partial charge in [-0.15, -0.1) is 0 Å². The monoisotopic (exact) mass is 252 g/mol. The number of hydrogen-bond acceptors (Lipinski definition) is 2. The van der Waals surface area contributed by atoms with Crippen LogP contribution >= 0.6 is 0 Å². The molecule has 2 aromatic rings. The Balaban J connectivity index is 2.16. The maximum atomic E-state index is 12.9. The van der Waals surface area contributed by atoms with E-state index in [0.29, 0.717) is 11.5 Å². The average Bonchev–Trinajstić information content (AvgIpc) is 2.29. The van der Waals surface area contributed by atoms with E-state index in [9.17, 15) is 8.60 Å². The van der Waals surface area contributed by atoms with Gasteiger partial charge in [0, 0.05) is 6.07 Å². The van der Waals surface area contributed by atoms with E-state index in [1.54, 1.807) is 24.3 Å². The molecule has 0 saturated heterocycles. The highest BCUT2D eigenvalue weighted by Crippen LogP contribution is 2.22. The second-order valence-electron chi connectivity index (χ2n) is 3.28. The fourth-order valence-electron chi connectivity index (χ4n) is 1.29. The third-order valence-corrected chi connectivity index (χ3v) is 2.73. The fraction of sp³-hybridized carbons (Fsp3) is 0. The lowest BCUT2D eigenvalue weighted by Crippen LogP contribution is -1.89. The number of rotatable bonds is 3. The van der Waals surface area contributed by atoms with Crippen molar-refractivity contribution in [3.05, 3.63) is 54.3 Å². The van der Waals surface area contributed by atoms with Crippen molar-refractivity contribution in [2.45, 2.75) is 4.90 Å². The van der Waals surface area contributed by atoms with E-state index in [-0.39, 0.29) is 10.7 Å². The summed E-state index contributed by atoms with van der Waals surface area (Å²) in [5.74, 6) is 0.475. The first kappa shape index (κ1) is 11.8. The van der Waals surface area contributed by atoms with Crippen LogP contribution in [0.5, 0.6) is 11.5 Å². The van der Waals surface area contributed by atoms with E-state index in [4.69, 9.17) is 9.29 Å². The first-order valence-corrected chi connectivity index (χ1v) is 5.90. The van der Waals surface area contributed by atoms with E-state index >= 15 is 0 Å². The van der Waals surface area contributed by atoms with Crippen molar-refractivity contribution in [1.29, 1.82) is 0 Å². The van der Waals surface area contributed by atoms with Gasteiger partial charge in [0.15, 0.2) is 11.1 Å². The molecule has 2 rings (SSSR count). The van der Waals surface area contributed by atoms with E-state index in [1.807, 2.05) is 0 Å². The molecule has 1 atom stereocenters. The second kappa shape index (κ2) is 5.07. The van der Waals surface area contributed by atoms with Gasteiger partial charge in [-0.2, -0.15) is 0 Å². The molecule has 0 amide bonds. The van der Waals surface area contributed by atoms with E-state index < -0.39 is 11.1 Å². The number of benzene rings is 2. The van der Waals surface area contributed by atoms with E-state index in [0.717, 1.165) is 0 Å². The molecule has 0 aliphatic carbocycles. The predicted molar refractivity (Wildman–Crippen MR) is 62.0 cm³/mol. The first-order valence-electron chi connectivity index (χ1n) is 4.79. The predicted octanol–water partition coefficient (Wildman–Crippen LogP) is 3.20. The first-order chi connectivity index (χ1) is 8.15. The van der Waals surface area contributed by atoms with Crippen LogP contribution in [0.1, 0.15) is 0 Å². The molecule has 0 aliphatic heterocycles. The quantitative estimate of drug-likeness (QED) is 0.853. The van der Waals surface area contributed by atoms with Gasteiger partial charge in [0.2, 0.25) is 0 Å². The molecule has 0 spiro atoms. The largest absolute Gasteiger partial charge is 0.457 e. The molecule has 0 bridgehead atoms. The highest BCUT2D eigenvalue weighted by molar-refractivity contribution is 7.79. The number of halogens is 1. The van der Waals surface area contributed by atoms with Gasteiger partial charge < -0.3 is 9.29 Å². The molecule has 1 N–H and O–H groups in total. The zero-order valence-corrected chi connectivity index (χ0v) is 9.49. The molecular formula is C12H9FO3S. The Kier molecular flexibility index (Phi) is 3.51. The minimum Gasteiger partial charge on any atom is -0.457 e. The summed E-state index contributed by atoms with van der Waals surface area (Å²) in [6.07, 6.45) is 0. The molecule has 3 nitrogen and oxygen atoms in total. The van der Waals surface area contributed by atoms with Gasteiger partial charge in [0.25, 0.3) is 0 Å². The van der Waals surface area contributed by atoms with Crippen LogP contribution in [-0.2, 0) is 11.1 Å². The van der Waals surface area contributed by atoms with Crippen LogP contribution in [-0.4, -0.2) is 8.76 Å². The van der Waals surface area contributed by atoms with Crippen molar-refractivity contribution in [3.8, 4) is 11.5 Å². The molecule has 2 aromatic carbocycles. The van der Waals surface area contributed by atoms with E-state index in [2.05, 4.69) is 0 Å². The van der Waals surface area contributed by atoms with Gasteiger partial charge in [-0.3, -0.25) is 0 Å². The summed E-state index contributed by atoms with van der Waals surface area (Å²) in [6, 6.07) is 11.8. The van der Waals surface area contributed by atoms with Gasteiger partial charge >= 0.3 is 0 Å². The summed E-state index contributed by atoms with van der Waals surface area (Å²) in [4.78, 5) is 0.289. The summed E-state index contributed by atoms with van der Waals surface area (Å²) in [7, 11) is 0. The average molecular weight is 252 g/mol. The van der Waals surface area contributed by atoms with E-state index in [1.165, 1.54) is 24.3 Å². The number of ether oxygens (including phenoxy) is 1. The van der Waals surface area contributed by atoms with Gasteiger partial charge in [-0.1, -0.05) is 6.07 Å². The lowest BCUT2D eigenvalue weighted by molar-refractivity contribution is 0.476. The maximum absolute atomic E-state index is 12.9. The smallest absolute Gasteiger partial charge is 0.186 e. The molecule has 0 fully saturated rings. The Hall–Kier alpha value is -1.72. The molecule has 0 saturated carbocycles. The highest BCUT2D eigenvalue weighted by Gasteiger charge is 2.01. The van der Waals surface area contributed by atoms with Crippen LogP contribution in [0.3, 0.4) is 0 Å². The summed E-state index contributed by atoms with van der Waals surface area (Å²) in [6.45, 7) is 0. The standard InChI is InChI=1S/C12H9FO3S/c13-9-2-1-3-11(8-9)16-10-4-6-12(7-5-10)17(14)15/h1-8H,(H,14,15). The summed E-state index contributed by atoms with van der Waals surface area (Å²) in [5, 5.41) is 0. The molecule has 0 aromatic heterocycles. The lowest BCUT2D eigenvalue weighted by Gasteiger charge is -2.05. The topological polar surface area (TPSA) is 46.5 Å². The van der Waals surface area contributed by atoms with Gasteiger partial charge in [0.05, 0.1) is 4.90 Å². The van der Waals surface area contributed by atoms with Crippen LogP contribution in [0, 0.1) is 5.82 Å². The zero-order chi connectivity index (χ0) is 12.3. The molecule has 1 unspecified atom stereocenters. The minimum absolute atomic E-state index is 0.289. The Morgan fingerprint density at radius 2 is 1.76 bits per heavy atom. The molecule has 5 heteroatoms. The van der Waals surface area contributed by atoms with Crippen molar-refractivity contribution < 1.29 is 17.9 Å². The zero-order valence-electron chi connectivity index (χ0n) is 8.67. The summed E-state index contributed by atoms with van der Waals surface area (Å²) >= 11 is -2.00. The van der Waals surface area contributed by atoms with Crippen LogP contribution in [0.25, 0.3) is 0 Å². The Bertz CT molecular complexity index is 540. The molecule has 0 heterocycles. The van der Waals surface area contributed by atoms with Gasteiger partial charge in [-0.05, 0) is 36.4 Å². The molecule has 88 valence electrons. The van der Waals surface area contributed by atoms with Crippen LogP contribution in [0.2, 0.25) is 0 Å². The molecule has 17 heavy (non-hydrogen) atoms. The Morgan fingerprint density at radius 3 is 2.35 bits per heavy atom. The van der Waals surface area contributed by atoms with Crippen molar-refractivity contribution in [3.63, 3.8) is 0 Å². The Morgan fingerprint density at radius 1 is 1.06 bits per heavy atom. The highest BCUT2D eigenvalue weighted by atomic mass is 32.2. The van der Waals surface area contributed by atoms with Crippen molar-refractivity contribution in [2.75, 3.05) is 0 Å². The fourth-order valence-corrected chi connectivity index (χ4v) is 1.66. The van der Waals surface area contributed by atoms with Crippen LogP contribution in [0.15, 0.2) is 53.4 Å². The third-order valence-electron chi connectivity index (χ3n) is 2.06. The number of hydrogen-bond donors (Lipinski definition) is 1. The van der Waals surface area contributed by atoms with Crippen LogP contribution < -0.4 is 4.74 Å². The van der Waals surface area contributed by atoms with Gasteiger partial charge in [0.1, 0.15) is 17.3 Å². The van der Waals surface area contributed by atoms with Gasteiger partial charge in [-0.25, -0.2) is 8.60 Å². The second-order valence-corrected chi connectivity index (χ2v) is 4.25. The van der Waals surface area contributed by atoms with Crippen LogP contribution in [0.4, 0.5) is 4.39 Å².